The molecule has 0 radical (unpaired) electrons. The Bertz CT molecular complexity index is 453. The summed E-state index contributed by atoms with van der Waals surface area (Å²) in [4.78, 5) is 23.2. The van der Waals surface area contributed by atoms with E-state index < -0.39 is 5.41 Å². The van der Waals surface area contributed by atoms with Gasteiger partial charge >= 0.3 is 5.97 Å². The third-order valence-electron chi connectivity index (χ3n) is 2.33. The second-order valence-electron chi connectivity index (χ2n) is 5.20. The van der Waals surface area contributed by atoms with Crippen LogP contribution in [0.3, 0.4) is 0 Å². The molecule has 0 aromatic heterocycles. The Labute approximate surface area is 102 Å². The number of benzene rings is 1. The van der Waals surface area contributed by atoms with Crippen molar-refractivity contribution >= 4 is 11.8 Å². The van der Waals surface area contributed by atoms with Crippen molar-refractivity contribution in [2.75, 3.05) is 0 Å². The third kappa shape index (κ3) is 3.41. The van der Waals surface area contributed by atoms with Gasteiger partial charge in [-0.1, -0.05) is 11.6 Å². The Kier molecular flexibility index (Phi) is 3.71. The quantitative estimate of drug-likeness (QED) is 0.448. The monoisotopic (exact) mass is 234 g/mol. The minimum atomic E-state index is -0.584. The minimum absolute atomic E-state index is 0.106. The van der Waals surface area contributed by atoms with Crippen LogP contribution in [0.25, 0.3) is 0 Å². The Morgan fingerprint density at radius 3 is 2.24 bits per heavy atom. The number of esters is 1. The summed E-state index contributed by atoms with van der Waals surface area (Å²) in [7, 11) is 0. The molecule has 1 aromatic carbocycles. The van der Waals surface area contributed by atoms with E-state index in [2.05, 4.69) is 0 Å². The van der Waals surface area contributed by atoms with E-state index in [1.54, 1.807) is 32.9 Å². The van der Waals surface area contributed by atoms with Gasteiger partial charge in [0.05, 0.1) is 11.0 Å². The number of carbonyl (C=O) groups is 2. The Hall–Kier alpha value is -1.64. The van der Waals surface area contributed by atoms with Crippen molar-refractivity contribution < 1.29 is 14.3 Å². The molecule has 17 heavy (non-hydrogen) atoms. The highest BCUT2D eigenvalue weighted by molar-refractivity contribution is 5.97. The zero-order chi connectivity index (χ0) is 13.2. The molecule has 0 bridgehead atoms. The number of aryl methyl sites for hydroxylation is 1. The number of rotatable bonds is 2. The zero-order valence-electron chi connectivity index (χ0n) is 11.0. The maximum atomic E-state index is 11.8. The lowest BCUT2D eigenvalue weighted by atomic mass is 9.97. The molecule has 92 valence electrons. The first-order valence-electron chi connectivity index (χ1n) is 5.55. The van der Waals surface area contributed by atoms with Gasteiger partial charge in [0.15, 0.2) is 5.78 Å². The normalized spacial score (nSPS) is 11.1. The van der Waals surface area contributed by atoms with Crippen LogP contribution in [0.4, 0.5) is 0 Å². The standard InChI is InChI=1S/C14H18O3/c1-9-6-7-12(11(8-9)10(2)15)17-13(16)14(3,4)5/h6-8H,1-5H3. The van der Waals surface area contributed by atoms with Crippen molar-refractivity contribution in [2.45, 2.75) is 34.6 Å². The van der Waals surface area contributed by atoms with E-state index in [1.165, 1.54) is 6.92 Å². The van der Waals surface area contributed by atoms with Crippen molar-refractivity contribution in [3.8, 4) is 5.75 Å². The van der Waals surface area contributed by atoms with E-state index in [-0.39, 0.29) is 11.8 Å². The summed E-state index contributed by atoms with van der Waals surface area (Å²) < 4.78 is 5.27. The average molecular weight is 234 g/mol. The fourth-order valence-corrected chi connectivity index (χ4v) is 1.26. The summed E-state index contributed by atoms with van der Waals surface area (Å²) in [6.45, 7) is 8.68. The van der Waals surface area contributed by atoms with Gasteiger partial charge < -0.3 is 4.74 Å². The molecule has 0 N–H and O–H groups in total. The van der Waals surface area contributed by atoms with Gasteiger partial charge in [-0.25, -0.2) is 0 Å². The van der Waals surface area contributed by atoms with E-state index in [9.17, 15) is 9.59 Å². The van der Waals surface area contributed by atoms with Crippen molar-refractivity contribution in [3.63, 3.8) is 0 Å². The molecule has 1 aromatic rings. The molecule has 3 heteroatoms. The SMILES string of the molecule is CC(=O)c1cc(C)ccc1OC(=O)C(C)(C)C. The Morgan fingerprint density at radius 2 is 1.76 bits per heavy atom. The molecule has 0 amide bonds. The van der Waals surface area contributed by atoms with Crippen LogP contribution in [0.5, 0.6) is 5.75 Å². The second-order valence-corrected chi connectivity index (χ2v) is 5.20. The van der Waals surface area contributed by atoms with Gasteiger partial charge in [0.25, 0.3) is 0 Å². The van der Waals surface area contributed by atoms with Gasteiger partial charge in [-0.2, -0.15) is 0 Å². The highest BCUT2D eigenvalue weighted by Gasteiger charge is 2.25. The second kappa shape index (κ2) is 4.70. The number of hydrogen-bond acceptors (Lipinski definition) is 3. The van der Waals surface area contributed by atoms with Gasteiger partial charge in [-0.05, 0) is 46.8 Å². The maximum absolute atomic E-state index is 11.8. The van der Waals surface area contributed by atoms with Crippen LogP contribution in [-0.4, -0.2) is 11.8 Å². The largest absolute Gasteiger partial charge is 0.425 e. The van der Waals surface area contributed by atoms with Crippen molar-refractivity contribution in [1.29, 1.82) is 0 Å². The van der Waals surface area contributed by atoms with E-state index >= 15 is 0 Å². The smallest absolute Gasteiger partial charge is 0.316 e. The van der Waals surface area contributed by atoms with E-state index in [0.717, 1.165) is 5.56 Å². The number of ketones is 1. The fourth-order valence-electron chi connectivity index (χ4n) is 1.26. The molecule has 0 unspecified atom stereocenters. The summed E-state index contributed by atoms with van der Waals surface area (Å²) in [5.41, 5.74) is 0.826. The van der Waals surface area contributed by atoms with Crippen LogP contribution >= 0.6 is 0 Å². The average Bonchev–Trinajstić information content (AvgIpc) is 2.18. The highest BCUT2D eigenvalue weighted by atomic mass is 16.5. The maximum Gasteiger partial charge on any atom is 0.316 e. The molecule has 0 fully saturated rings. The molecule has 0 aliphatic rings. The number of hydrogen-bond donors (Lipinski definition) is 0. The summed E-state index contributed by atoms with van der Waals surface area (Å²) in [5, 5.41) is 0. The van der Waals surface area contributed by atoms with E-state index in [4.69, 9.17) is 4.74 Å². The zero-order valence-corrected chi connectivity index (χ0v) is 11.0. The van der Waals surface area contributed by atoms with Crippen LogP contribution in [-0.2, 0) is 4.79 Å². The fraction of sp³-hybridized carbons (Fsp3) is 0.429. The summed E-state index contributed by atoms with van der Waals surface area (Å²) in [6, 6.07) is 5.21. The molecule has 0 aliphatic heterocycles. The Balaban J connectivity index is 3.07. The van der Waals surface area contributed by atoms with Crippen LogP contribution in [0.1, 0.15) is 43.6 Å². The molecule has 0 saturated heterocycles. The van der Waals surface area contributed by atoms with Crippen LogP contribution in [0, 0.1) is 12.3 Å². The molecular formula is C14H18O3. The third-order valence-corrected chi connectivity index (χ3v) is 2.33. The molecule has 0 atom stereocenters. The Morgan fingerprint density at radius 1 is 1.18 bits per heavy atom. The van der Waals surface area contributed by atoms with Gasteiger partial charge in [-0.3, -0.25) is 9.59 Å². The number of ether oxygens (including phenoxy) is 1. The van der Waals surface area contributed by atoms with Crippen molar-refractivity contribution in [3.05, 3.63) is 29.3 Å². The minimum Gasteiger partial charge on any atom is -0.425 e. The van der Waals surface area contributed by atoms with Crippen LogP contribution in [0.2, 0.25) is 0 Å². The van der Waals surface area contributed by atoms with Crippen molar-refractivity contribution in [1.82, 2.24) is 0 Å². The van der Waals surface area contributed by atoms with Crippen molar-refractivity contribution in [2.24, 2.45) is 5.41 Å². The van der Waals surface area contributed by atoms with Gasteiger partial charge in [0.2, 0.25) is 0 Å². The first-order valence-corrected chi connectivity index (χ1v) is 5.55. The first-order chi connectivity index (χ1) is 7.71. The molecule has 3 nitrogen and oxygen atoms in total. The predicted molar refractivity (Wildman–Crippen MR) is 66.3 cm³/mol. The molecule has 1 rings (SSSR count). The topological polar surface area (TPSA) is 43.4 Å². The number of carbonyl (C=O) groups excluding carboxylic acids is 2. The van der Waals surface area contributed by atoms with Gasteiger partial charge in [0.1, 0.15) is 5.75 Å². The molecule has 0 spiro atoms. The molecular weight excluding hydrogens is 216 g/mol. The summed E-state index contributed by atoms with van der Waals surface area (Å²) in [5.74, 6) is -0.114. The van der Waals surface area contributed by atoms with E-state index in [1.807, 2.05) is 13.0 Å². The lowest BCUT2D eigenvalue weighted by Gasteiger charge is -2.17. The number of Topliss-reactive ketones (excluding diaryl/α,β-unsaturated/α-hetero) is 1. The first kappa shape index (κ1) is 13.4. The lowest BCUT2D eigenvalue weighted by molar-refractivity contribution is -0.143. The molecule has 0 saturated carbocycles. The van der Waals surface area contributed by atoms with Crippen LogP contribution in [0.15, 0.2) is 18.2 Å². The highest BCUT2D eigenvalue weighted by Crippen LogP contribution is 2.24. The lowest BCUT2D eigenvalue weighted by Crippen LogP contribution is -2.26. The molecule has 0 heterocycles. The summed E-state index contributed by atoms with van der Waals surface area (Å²) in [6.07, 6.45) is 0. The predicted octanol–water partition coefficient (Wildman–Crippen LogP) is 3.15. The molecule has 0 aliphatic carbocycles. The van der Waals surface area contributed by atoms with Gasteiger partial charge in [0, 0.05) is 0 Å². The summed E-state index contributed by atoms with van der Waals surface area (Å²) >= 11 is 0. The van der Waals surface area contributed by atoms with Gasteiger partial charge in [-0.15, -0.1) is 0 Å². The van der Waals surface area contributed by atoms with Crippen LogP contribution < -0.4 is 4.74 Å². The van der Waals surface area contributed by atoms with E-state index in [0.29, 0.717) is 11.3 Å².